The van der Waals surface area contributed by atoms with Crippen LogP contribution in [0.4, 0.5) is 24.5 Å². The van der Waals surface area contributed by atoms with Crippen molar-refractivity contribution in [2.75, 3.05) is 23.3 Å². The predicted octanol–water partition coefficient (Wildman–Crippen LogP) is 4.35. The molecule has 252 valence electrons. The summed E-state index contributed by atoms with van der Waals surface area (Å²) in [5, 5.41) is 9.11. The molecule has 2 aromatic carbocycles. The van der Waals surface area contributed by atoms with Crippen LogP contribution >= 0.6 is 11.6 Å². The number of benzene rings is 2. The molecule has 15 heteroatoms. The number of anilines is 2. The van der Waals surface area contributed by atoms with Gasteiger partial charge in [0.1, 0.15) is 11.6 Å². The lowest BCUT2D eigenvalue weighted by Gasteiger charge is -2.38. The van der Waals surface area contributed by atoms with Gasteiger partial charge in [0.05, 0.1) is 45.1 Å². The zero-order valence-electron chi connectivity index (χ0n) is 25.8. The molecule has 4 aliphatic rings. The first-order valence-corrected chi connectivity index (χ1v) is 16.1. The summed E-state index contributed by atoms with van der Waals surface area (Å²) in [5.41, 5.74) is -0.118. The van der Waals surface area contributed by atoms with E-state index in [1.165, 1.54) is 0 Å². The molecule has 3 aromatic rings. The van der Waals surface area contributed by atoms with Crippen LogP contribution in [0.25, 0.3) is 0 Å². The van der Waals surface area contributed by atoms with E-state index in [4.69, 9.17) is 11.6 Å². The number of nitrogens with one attached hydrogen (secondary N) is 2. The van der Waals surface area contributed by atoms with Crippen LogP contribution in [0.1, 0.15) is 70.4 Å². The Labute approximate surface area is 282 Å². The fourth-order valence-corrected chi connectivity index (χ4v) is 7.02. The smallest absolute Gasteiger partial charge is 0.369 e. The number of carbonyl (C=O) groups is 5. The fourth-order valence-electron chi connectivity index (χ4n) is 6.79. The summed E-state index contributed by atoms with van der Waals surface area (Å²) in [6.45, 7) is 1.14. The van der Waals surface area contributed by atoms with E-state index in [9.17, 15) is 37.1 Å². The maximum atomic E-state index is 13.5. The number of hydrogen-bond acceptors (Lipinski definition) is 7. The molecule has 1 unspecified atom stereocenters. The molecule has 1 aromatic heterocycles. The number of amides is 5. The van der Waals surface area contributed by atoms with Gasteiger partial charge < -0.3 is 10.2 Å². The molecule has 7 rings (SSSR count). The highest BCUT2D eigenvalue weighted by atomic mass is 35.5. The molecule has 3 fully saturated rings. The van der Waals surface area contributed by atoms with Crippen molar-refractivity contribution in [1.82, 2.24) is 20.0 Å². The summed E-state index contributed by atoms with van der Waals surface area (Å²) < 4.78 is 40.8. The van der Waals surface area contributed by atoms with E-state index in [-0.39, 0.29) is 40.6 Å². The van der Waals surface area contributed by atoms with E-state index in [0.717, 1.165) is 41.6 Å². The highest BCUT2D eigenvalue weighted by Crippen LogP contribution is 2.39. The van der Waals surface area contributed by atoms with Crippen molar-refractivity contribution in [3.63, 3.8) is 0 Å². The largest absolute Gasteiger partial charge is 0.416 e. The summed E-state index contributed by atoms with van der Waals surface area (Å²) >= 11 is 6.09. The number of fused-ring (bicyclic) bond motifs is 1. The van der Waals surface area contributed by atoms with Gasteiger partial charge >= 0.3 is 6.18 Å². The number of carbonyl (C=O) groups excluding carboxylic acids is 5. The fraction of sp³-hybridized carbons (Fsp3) is 0.353. The summed E-state index contributed by atoms with van der Waals surface area (Å²) in [7, 11) is 0. The summed E-state index contributed by atoms with van der Waals surface area (Å²) in [6.07, 6.45) is 1.35. The first-order valence-electron chi connectivity index (χ1n) is 15.7. The number of imide groups is 2. The molecule has 2 saturated heterocycles. The van der Waals surface area contributed by atoms with Crippen LogP contribution in [0.3, 0.4) is 0 Å². The van der Waals surface area contributed by atoms with Gasteiger partial charge in [0.2, 0.25) is 11.8 Å². The van der Waals surface area contributed by atoms with Crippen molar-refractivity contribution in [3.8, 4) is 11.8 Å². The van der Waals surface area contributed by atoms with E-state index in [1.54, 1.807) is 35.3 Å². The number of piperidine rings is 1. The van der Waals surface area contributed by atoms with Gasteiger partial charge in [0, 0.05) is 31.4 Å². The molecule has 2 N–H and O–H groups in total. The Morgan fingerprint density at radius 2 is 1.76 bits per heavy atom. The van der Waals surface area contributed by atoms with Gasteiger partial charge in [-0.05, 0) is 55.7 Å². The topological polar surface area (TPSA) is 134 Å². The van der Waals surface area contributed by atoms with Crippen LogP contribution in [0.15, 0.2) is 48.8 Å². The first-order chi connectivity index (χ1) is 23.3. The van der Waals surface area contributed by atoms with Crippen molar-refractivity contribution in [2.24, 2.45) is 5.92 Å². The van der Waals surface area contributed by atoms with Crippen molar-refractivity contribution < 1.29 is 37.1 Å². The number of hydrogen-bond donors (Lipinski definition) is 2. The maximum absolute atomic E-state index is 13.5. The molecule has 11 nitrogen and oxygen atoms in total. The SMILES string of the molecule is O=C1CCC(N2C(=O)c3ccc(N4CC(C#Cc5cnn(C6(C(=O)Nc7ccc(C(F)(F)F)cc7Cl)CCCC6)c5)C4)cc3C2=O)C(=O)N1. The van der Waals surface area contributed by atoms with Crippen molar-refractivity contribution in [2.45, 2.75) is 56.3 Å². The second-order valence-corrected chi connectivity index (χ2v) is 13.0. The van der Waals surface area contributed by atoms with Crippen molar-refractivity contribution in [1.29, 1.82) is 0 Å². The Morgan fingerprint density at radius 3 is 2.45 bits per heavy atom. The second-order valence-electron chi connectivity index (χ2n) is 12.6. The zero-order valence-corrected chi connectivity index (χ0v) is 26.5. The number of halogens is 4. The molecule has 0 spiro atoms. The van der Waals surface area contributed by atoms with E-state index in [0.29, 0.717) is 31.5 Å². The second kappa shape index (κ2) is 12.1. The Kier molecular flexibility index (Phi) is 7.98. The minimum atomic E-state index is -4.56. The number of rotatable bonds is 5. The average molecular weight is 693 g/mol. The van der Waals surface area contributed by atoms with E-state index in [2.05, 4.69) is 27.6 Å². The summed E-state index contributed by atoms with van der Waals surface area (Å²) in [5.74, 6) is 3.69. The minimum Gasteiger partial charge on any atom is -0.369 e. The van der Waals surface area contributed by atoms with Crippen LogP contribution in [0.2, 0.25) is 5.02 Å². The molecule has 4 heterocycles. The lowest BCUT2D eigenvalue weighted by Crippen LogP contribution is -2.54. The molecule has 0 radical (unpaired) electrons. The van der Waals surface area contributed by atoms with Gasteiger partial charge in [-0.2, -0.15) is 18.3 Å². The Morgan fingerprint density at radius 1 is 1.02 bits per heavy atom. The predicted molar refractivity (Wildman–Crippen MR) is 169 cm³/mol. The molecule has 0 bridgehead atoms. The zero-order chi connectivity index (χ0) is 34.7. The molecule has 5 amide bonds. The summed E-state index contributed by atoms with van der Waals surface area (Å²) in [4.78, 5) is 66.5. The number of alkyl halides is 3. The summed E-state index contributed by atoms with van der Waals surface area (Å²) in [6, 6.07) is 6.72. The molecular formula is C34H28ClF3N6O5. The first kappa shape index (κ1) is 32.4. The highest BCUT2D eigenvalue weighted by Gasteiger charge is 2.46. The lowest BCUT2D eigenvalue weighted by molar-refractivity contribution is -0.138. The highest BCUT2D eigenvalue weighted by molar-refractivity contribution is 6.33. The van der Waals surface area contributed by atoms with Gasteiger partial charge in [-0.1, -0.05) is 36.3 Å². The van der Waals surface area contributed by atoms with E-state index in [1.807, 2.05) is 4.90 Å². The molecular weight excluding hydrogens is 665 g/mol. The van der Waals surface area contributed by atoms with Gasteiger partial charge in [-0.3, -0.25) is 38.9 Å². The third kappa shape index (κ3) is 5.82. The van der Waals surface area contributed by atoms with Gasteiger partial charge in [0.25, 0.3) is 17.7 Å². The van der Waals surface area contributed by atoms with E-state index >= 15 is 0 Å². The van der Waals surface area contributed by atoms with Crippen LogP contribution in [-0.4, -0.2) is 63.3 Å². The van der Waals surface area contributed by atoms with Crippen LogP contribution in [-0.2, 0) is 26.1 Å². The van der Waals surface area contributed by atoms with Crippen LogP contribution in [0, 0.1) is 17.8 Å². The third-order valence-corrected chi connectivity index (χ3v) is 9.82. The Bertz CT molecular complexity index is 1990. The number of nitrogens with zero attached hydrogens (tertiary/aromatic N) is 4. The average Bonchev–Trinajstić information content (AvgIpc) is 3.77. The standard InChI is InChI=1S/C34H28ClF3N6O5/c35-25-13-21(34(36,37)38)5-8-26(25)40-32(49)33(11-1-2-12-33)43-18-19(15-39-43)3-4-20-16-42(17-20)22-6-7-23-24(14-22)31(48)44(30(23)47)27-9-10-28(45)41-29(27)46/h5-8,13-15,18,20,27H,1-2,9-12,16-17H2,(H,40,49)(H,41,45,46). The molecule has 1 aliphatic carbocycles. The molecule has 3 aliphatic heterocycles. The number of aromatic nitrogens is 2. The van der Waals surface area contributed by atoms with Crippen LogP contribution in [0.5, 0.6) is 0 Å². The lowest BCUT2D eigenvalue weighted by atomic mass is 9.96. The third-order valence-electron chi connectivity index (χ3n) is 9.51. The van der Waals surface area contributed by atoms with Gasteiger partial charge in [-0.25, -0.2) is 0 Å². The molecule has 1 atom stereocenters. The Balaban J connectivity index is 0.998. The van der Waals surface area contributed by atoms with Gasteiger partial charge in [0.15, 0.2) is 0 Å². The van der Waals surface area contributed by atoms with Gasteiger partial charge in [-0.15, -0.1) is 0 Å². The molecule has 1 saturated carbocycles. The van der Waals surface area contributed by atoms with E-state index < -0.39 is 52.9 Å². The minimum absolute atomic E-state index is 0.000501. The molecule has 49 heavy (non-hydrogen) atoms. The normalized spacial score (nSPS) is 20.4. The van der Waals surface area contributed by atoms with Crippen molar-refractivity contribution in [3.05, 3.63) is 76.1 Å². The quantitative estimate of drug-likeness (QED) is 0.300. The van der Waals surface area contributed by atoms with Crippen LogP contribution < -0.4 is 15.5 Å². The van der Waals surface area contributed by atoms with Crippen molar-refractivity contribution >= 4 is 52.5 Å². The maximum Gasteiger partial charge on any atom is 0.416 e. The monoisotopic (exact) mass is 692 g/mol. The Hall–Kier alpha value is -5.16.